The lowest BCUT2D eigenvalue weighted by Gasteiger charge is -2.31. The van der Waals surface area contributed by atoms with E-state index in [1.54, 1.807) is 7.11 Å². The third kappa shape index (κ3) is 2.42. The number of carbonyl (C=O) groups excluding carboxylic acids is 1. The zero-order valence-electron chi connectivity index (χ0n) is 8.03. The van der Waals surface area contributed by atoms with Crippen LogP contribution in [0.2, 0.25) is 0 Å². The molecule has 0 saturated heterocycles. The Bertz CT molecular complexity index is 180. The van der Waals surface area contributed by atoms with Crippen LogP contribution in [0.25, 0.3) is 0 Å². The Hall–Kier alpha value is -0.610. The predicted molar refractivity (Wildman–Crippen MR) is 46.2 cm³/mol. The lowest BCUT2D eigenvalue weighted by atomic mass is 9.85. The van der Waals surface area contributed by atoms with Crippen LogP contribution in [0.15, 0.2) is 0 Å². The number of rotatable bonds is 2. The van der Waals surface area contributed by atoms with Crippen LogP contribution in [-0.4, -0.2) is 37.5 Å². The maximum Gasteiger partial charge on any atom is 0.311 e. The number of hydrogen-bond acceptors (Lipinski definition) is 4. The number of aliphatic hydroxyl groups is 1. The van der Waals surface area contributed by atoms with E-state index >= 15 is 0 Å². The fourth-order valence-corrected chi connectivity index (χ4v) is 1.79. The molecule has 0 aromatic rings. The summed E-state index contributed by atoms with van der Waals surface area (Å²) in [5.74, 6) is -0.447. The Labute approximate surface area is 77.8 Å². The molecule has 76 valence electrons. The number of hydrogen-bond donors (Lipinski definition) is 1. The molecule has 0 spiro atoms. The highest BCUT2D eigenvalue weighted by Gasteiger charge is 2.35. The van der Waals surface area contributed by atoms with Gasteiger partial charge in [-0.05, 0) is 12.8 Å². The van der Waals surface area contributed by atoms with Crippen LogP contribution >= 0.6 is 0 Å². The lowest BCUT2D eigenvalue weighted by Crippen LogP contribution is -2.38. The molecular formula is C9H16O4. The summed E-state index contributed by atoms with van der Waals surface area (Å²) in [4.78, 5) is 11.3. The topological polar surface area (TPSA) is 55.8 Å². The highest BCUT2D eigenvalue weighted by Crippen LogP contribution is 2.27. The molecule has 3 atom stereocenters. The van der Waals surface area contributed by atoms with Crippen LogP contribution in [-0.2, 0) is 14.3 Å². The number of ether oxygens (including phenoxy) is 2. The molecule has 1 saturated carbocycles. The van der Waals surface area contributed by atoms with Crippen LogP contribution in [0.5, 0.6) is 0 Å². The molecule has 0 unspecified atom stereocenters. The first-order chi connectivity index (χ1) is 6.19. The summed E-state index contributed by atoms with van der Waals surface area (Å²) in [6.45, 7) is 0. The van der Waals surface area contributed by atoms with E-state index in [4.69, 9.17) is 4.74 Å². The van der Waals surface area contributed by atoms with Gasteiger partial charge in [0.25, 0.3) is 0 Å². The van der Waals surface area contributed by atoms with Gasteiger partial charge in [-0.2, -0.15) is 0 Å². The van der Waals surface area contributed by atoms with E-state index in [1.165, 1.54) is 7.11 Å². The van der Waals surface area contributed by atoms with Gasteiger partial charge in [-0.1, -0.05) is 0 Å². The molecule has 0 radical (unpaired) electrons. The van der Waals surface area contributed by atoms with Crippen molar-refractivity contribution in [2.24, 2.45) is 5.92 Å². The molecule has 13 heavy (non-hydrogen) atoms. The molecule has 0 bridgehead atoms. The van der Waals surface area contributed by atoms with Gasteiger partial charge in [0.2, 0.25) is 0 Å². The maximum atomic E-state index is 11.3. The van der Waals surface area contributed by atoms with Gasteiger partial charge in [-0.25, -0.2) is 0 Å². The summed E-state index contributed by atoms with van der Waals surface area (Å²) in [5.41, 5.74) is 0. The average molecular weight is 188 g/mol. The molecule has 0 amide bonds. The zero-order chi connectivity index (χ0) is 9.84. The third-order valence-electron chi connectivity index (χ3n) is 2.57. The minimum Gasteiger partial charge on any atom is -0.469 e. The summed E-state index contributed by atoms with van der Waals surface area (Å²) < 4.78 is 9.79. The van der Waals surface area contributed by atoms with Crippen molar-refractivity contribution < 1.29 is 19.4 Å². The quantitative estimate of drug-likeness (QED) is 0.635. The minimum absolute atomic E-state index is 0.198. The second-order valence-corrected chi connectivity index (χ2v) is 3.37. The fraction of sp³-hybridized carbons (Fsp3) is 0.889. The molecule has 1 fully saturated rings. The van der Waals surface area contributed by atoms with E-state index in [2.05, 4.69) is 4.74 Å². The standard InChI is InChI=1S/C9H16O4/c1-12-8-5-6(10)3-4-7(8)9(11)13-2/h6-8,10H,3-5H2,1-2H3/t6-,7+,8-/m1/s1. The second-order valence-electron chi connectivity index (χ2n) is 3.37. The molecule has 0 aliphatic heterocycles. The van der Waals surface area contributed by atoms with Gasteiger partial charge in [0, 0.05) is 13.5 Å². The highest BCUT2D eigenvalue weighted by atomic mass is 16.5. The van der Waals surface area contributed by atoms with Crippen molar-refractivity contribution in [2.75, 3.05) is 14.2 Å². The fourth-order valence-electron chi connectivity index (χ4n) is 1.79. The lowest BCUT2D eigenvalue weighted by molar-refractivity contribution is -0.154. The molecule has 0 heterocycles. The summed E-state index contributed by atoms with van der Waals surface area (Å²) in [5, 5.41) is 9.35. The average Bonchev–Trinajstić information content (AvgIpc) is 2.16. The van der Waals surface area contributed by atoms with Crippen LogP contribution in [0.3, 0.4) is 0 Å². The molecule has 1 rings (SSSR count). The number of carbonyl (C=O) groups is 1. The van der Waals surface area contributed by atoms with Crippen molar-refractivity contribution in [2.45, 2.75) is 31.5 Å². The predicted octanol–water partition coefficient (Wildman–Crippen LogP) is 0.335. The summed E-state index contributed by atoms with van der Waals surface area (Å²) >= 11 is 0. The van der Waals surface area contributed by atoms with E-state index in [0.29, 0.717) is 19.3 Å². The van der Waals surface area contributed by atoms with Gasteiger partial charge in [0.1, 0.15) is 0 Å². The minimum atomic E-state index is -0.342. The SMILES string of the molecule is COC(=O)[C@H]1CC[C@@H](O)C[C@H]1OC. The zero-order valence-corrected chi connectivity index (χ0v) is 8.03. The number of esters is 1. The Morgan fingerprint density at radius 2 is 2.08 bits per heavy atom. The first-order valence-electron chi connectivity index (χ1n) is 4.47. The Morgan fingerprint density at radius 3 is 2.62 bits per heavy atom. The molecule has 0 aromatic heterocycles. The third-order valence-corrected chi connectivity index (χ3v) is 2.57. The van der Waals surface area contributed by atoms with Crippen molar-refractivity contribution in [1.82, 2.24) is 0 Å². The molecular weight excluding hydrogens is 172 g/mol. The second kappa shape index (κ2) is 4.58. The summed E-state index contributed by atoms with van der Waals surface area (Å²) in [6.07, 6.45) is 1.28. The van der Waals surface area contributed by atoms with Gasteiger partial charge in [-0.15, -0.1) is 0 Å². The van der Waals surface area contributed by atoms with Crippen molar-refractivity contribution in [3.8, 4) is 0 Å². The first kappa shape index (κ1) is 10.5. The van der Waals surface area contributed by atoms with Gasteiger partial charge in [0.05, 0.1) is 25.2 Å². The normalized spacial score (nSPS) is 34.2. The highest BCUT2D eigenvalue weighted by molar-refractivity contribution is 5.73. The van der Waals surface area contributed by atoms with Crippen LogP contribution in [0.1, 0.15) is 19.3 Å². The summed E-state index contributed by atoms with van der Waals surface area (Å²) in [6, 6.07) is 0. The van der Waals surface area contributed by atoms with Gasteiger partial charge in [-0.3, -0.25) is 4.79 Å². The van der Waals surface area contributed by atoms with E-state index in [-0.39, 0.29) is 24.1 Å². The van der Waals surface area contributed by atoms with Gasteiger partial charge in [0.15, 0.2) is 0 Å². The van der Waals surface area contributed by atoms with Gasteiger partial charge >= 0.3 is 5.97 Å². The Balaban J connectivity index is 2.57. The van der Waals surface area contributed by atoms with E-state index in [1.807, 2.05) is 0 Å². The van der Waals surface area contributed by atoms with Crippen LogP contribution in [0.4, 0.5) is 0 Å². The molecule has 1 N–H and O–H groups in total. The maximum absolute atomic E-state index is 11.3. The Morgan fingerprint density at radius 1 is 1.38 bits per heavy atom. The number of aliphatic hydroxyl groups excluding tert-OH is 1. The largest absolute Gasteiger partial charge is 0.469 e. The van der Waals surface area contributed by atoms with Crippen LogP contribution < -0.4 is 0 Å². The van der Waals surface area contributed by atoms with Gasteiger partial charge < -0.3 is 14.6 Å². The van der Waals surface area contributed by atoms with Crippen molar-refractivity contribution in [3.63, 3.8) is 0 Å². The van der Waals surface area contributed by atoms with Crippen molar-refractivity contribution in [3.05, 3.63) is 0 Å². The molecule has 4 heteroatoms. The van der Waals surface area contributed by atoms with Crippen molar-refractivity contribution in [1.29, 1.82) is 0 Å². The molecule has 0 aromatic carbocycles. The Kier molecular flexibility index (Phi) is 3.69. The summed E-state index contributed by atoms with van der Waals surface area (Å²) in [7, 11) is 2.93. The first-order valence-corrected chi connectivity index (χ1v) is 4.47. The smallest absolute Gasteiger partial charge is 0.311 e. The number of methoxy groups -OCH3 is 2. The monoisotopic (exact) mass is 188 g/mol. The van der Waals surface area contributed by atoms with E-state index < -0.39 is 0 Å². The molecule has 4 nitrogen and oxygen atoms in total. The van der Waals surface area contributed by atoms with Crippen molar-refractivity contribution >= 4 is 5.97 Å². The molecule has 1 aliphatic rings. The molecule has 1 aliphatic carbocycles. The van der Waals surface area contributed by atoms with E-state index in [9.17, 15) is 9.90 Å². The van der Waals surface area contributed by atoms with E-state index in [0.717, 1.165) is 0 Å². The van der Waals surface area contributed by atoms with Crippen LogP contribution in [0, 0.1) is 5.92 Å².